The van der Waals surface area contributed by atoms with Crippen LogP contribution in [-0.2, 0) is 4.79 Å². The first kappa shape index (κ1) is 15.1. The number of aliphatic carboxylic acids is 1. The third-order valence-corrected chi connectivity index (χ3v) is 4.58. The zero-order chi connectivity index (χ0) is 14.7. The average Bonchev–Trinajstić information content (AvgIpc) is 2.95. The van der Waals surface area contributed by atoms with E-state index < -0.39 is 12.0 Å². The Morgan fingerprint density at radius 3 is 2.45 bits per heavy atom. The molecule has 2 saturated heterocycles. The maximum atomic E-state index is 12.3. The largest absolute Gasteiger partial charge is 0.480 e. The predicted molar refractivity (Wildman–Crippen MR) is 75.7 cm³/mol. The van der Waals surface area contributed by atoms with Crippen molar-refractivity contribution in [2.45, 2.75) is 44.7 Å². The number of carboxylic acid groups (broad SMARTS) is 1. The molecule has 20 heavy (non-hydrogen) atoms. The van der Waals surface area contributed by atoms with Crippen LogP contribution in [0.2, 0.25) is 0 Å². The number of nitrogens with zero attached hydrogens (tertiary/aromatic N) is 3. The first-order valence-corrected chi connectivity index (χ1v) is 7.49. The number of hydrogen-bond donors (Lipinski definition) is 1. The molecule has 0 aliphatic carbocycles. The van der Waals surface area contributed by atoms with Crippen LogP contribution >= 0.6 is 0 Å². The fraction of sp³-hybridized carbons (Fsp3) is 0.857. The van der Waals surface area contributed by atoms with Gasteiger partial charge >= 0.3 is 12.0 Å². The minimum atomic E-state index is -0.965. The molecular weight excluding hydrogens is 258 g/mol. The van der Waals surface area contributed by atoms with Crippen molar-refractivity contribution in [1.29, 1.82) is 0 Å². The lowest BCUT2D eigenvalue weighted by Gasteiger charge is -2.32. The Morgan fingerprint density at radius 2 is 1.85 bits per heavy atom. The van der Waals surface area contributed by atoms with Gasteiger partial charge in [-0.1, -0.05) is 6.42 Å². The Morgan fingerprint density at radius 1 is 1.20 bits per heavy atom. The number of piperidine rings is 1. The molecule has 1 N–H and O–H groups in total. The summed E-state index contributed by atoms with van der Waals surface area (Å²) in [5.74, 6) is -0.965. The monoisotopic (exact) mass is 283 g/mol. The van der Waals surface area contributed by atoms with Crippen molar-refractivity contribution in [3.05, 3.63) is 0 Å². The maximum absolute atomic E-state index is 12.3. The van der Waals surface area contributed by atoms with Gasteiger partial charge in [0.15, 0.2) is 0 Å². The van der Waals surface area contributed by atoms with Gasteiger partial charge in [-0.3, -0.25) is 4.90 Å². The Labute approximate surface area is 120 Å². The summed E-state index contributed by atoms with van der Waals surface area (Å²) in [6, 6.07) is -0.497. The van der Waals surface area contributed by atoms with E-state index in [1.807, 2.05) is 0 Å². The number of likely N-dealkylation sites (N-methyl/N-ethyl adjacent to an activating group) is 1. The normalized spacial score (nSPS) is 25.5. The molecule has 0 radical (unpaired) electrons. The van der Waals surface area contributed by atoms with Gasteiger partial charge in [0, 0.05) is 26.2 Å². The summed E-state index contributed by atoms with van der Waals surface area (Å²) in [6.07, 6.45) is 4.81. The molecule has 2 unspecified atom stereocenters. The van der Waals surface area contributed by atoms with Gasteiger partial charge < -0.3 is 14.9 Å². The molecule has 0 aromatic carbocycles. The van der Waals surface area contributed by atoms with Crippen LogP contribution in [0, 0.1) is 0 Å². The smallest absolute Gasteiger partial charge is 0.326 e. The number of carbonyl (C=O) groups excluding carboxylic acids is 1. The number of carbonyl (C=O) groups is 2. The highest BCUT2D eigenvalue weighted by Crippen LogP contribution is 2.21. The summed E-state index contributed by atoms with van der Waals surface area (Å²) in [5, 5.41) is 8.98. The molecule has 2 rings (SSSR count). The van der Waals surface area contributed by atoms with Crippen molar-refractivity contribution in [2.75, 3.05) is 33.2 Å². The summed E-state index contributed by atoms with van der Waals surface area (Å²) in [4.78, 5) is 28.8. The van der Waals surface area contributed by atoms with Crippen molar-refractivity contribution in [1.82, 2.24) is 14.7 Å². The molecule has 6 heteroatoms. The lowest BCUT2D eigenvalue weighted by atomic mass is 10.1. The van der Waals surface area contributed by atoms with Crippen molar-refractivity contribution in [3.8, 4) is 0 Å². The Bertz CT molecular complexity index is 369. The molecule has 0 saturated carbocycles. The van der Waals surface area contributed by atoms with E-state index in [1.165, 1.54) is 24.2 Å². The number of rotatable bonds is 3. The zero-order valence-electron chi connectivity index (χ0n) is 12.4. The fourth-order valence-electron chi connectivity index (χ4n) is 3.05. The first-order valence-electron chi connectivity index (χ1n) is 7.49. The summed E-state index contributed by atoms with van der Waals surface area (Å²) < 4.78 is 0. The van der Waals surface area contributed by atoms with Gasteiger partial charge in [0.2, 0.25) is 0 Å². The van der Waals surface area contributed by atoms with Gasteiger partial charge in [-0.2, -0.15) is 0 Å². The maximum Gasteiger partial charge on any atom is 0.326 e. The quantitative estimate of drug-likeness (QED) is 0.841. The van der Waals surface area contributed by atoms with Crippen molar-refractivity contribution < 1.29 is 14.7 Å². The molecule has 2 atom stereocenters. The number of hydrogen-bond acceptors (Lipinski definition) is 3. The van der Waals surface area contributed by atoms with Gasteiger partial charge in [-0.25, -0.2) is 9.59 Å². The third kappa shape index (κ3) is 3.23. The minimum Gasteiger partial charge on any atom is -0.480 e. The Kier molecular flexibility index (Phi) is 4.86. The molecule has 0 aromatic rings. The van der Waals surface area contributed by atoms with Gasteiger partial charge in [0.25, 0.3) is 0 Å². The molecule has 2 fully saturated rings. The highest BCUT2D eigenvalue weighted by molar-refractivity contribution is 5.82. The number of amides is 2. The zero-order valence-corrected chi connectivity index (χ0v) is 12.4. The van der Waals surface area contributed by atoms with Crippen LogP contribution in [-0.4, -0.2) is 77.1 Å². The van der Waals surface area contributed by atoms with Crippen LogP contribution in [0.4, 0.5) is 4.79 Å². The van der Waals surface area contributed by atoms with Crippen molar-refractivity contribution in [3.63, 3.8) is 0 Å². The van der Waals surface area contributed by atoms with E-state index in [9.17, 15) is 9.59 Å². The van der Waals surface area contributed by atoms with Crippen LogP contribution in [0.15, 0.2) is 0 Å². The third-order valence-electron chi connectivity index (χ3n) is 4.58. The number of carboxylic acids is 1. The molecule has 2 aliphatic heterocycles. The molecular formula is C14H25N3O3. The first-order chi connectivity index (χ1) is 9.50. The van der Waals surface area contributed by atoms with Gasteiger partial charge in [-0.15, -0.1) is 0 Å². The Hall–Kier alpha value is -1.30. The highest BCUT2D eigenvalue weighted by atomic mass is 16.4. The van der Waals surface area contributed by atoms with Crippen LogP contribution in [0.3, 0.4) is 0 Å². The molecule has 0 aromatic heterocycles. The summed E-state index contributed by atoms with van der Waals surface area (Å²) in [5.41, 5.74) is 0. The van der Waals surface area contributed by atoms with Crippen LogP contribution < -0.4 is 0 Å². The van der Waals surface area contributed by atoms with Gasteiger partial charge in [0.1, 0.15) is 6.04 Å². The molecule has 0 bridgehead atoms. The van der Waals surface area contributed by atoms with Crippen molar-refractivity contribution in [2.24, 2.45) is 0 Å². The second-order valence-electron chi connectivity index (χ2n) is 5.89. The molecule has 0 spiro atoms. The van der Waals surface area contributed by atoms with E-state index in [1.54, 1.807) is 18.9 Å². The van der Waals surface area contributed by atoms with E-state index in [0.717, 1.165) is 32.6 Å². The minimum absolute atomic E-state index is 0.167. The second kappa shape index (κ2) is 6.43. The van der Waals surface area contributed by atoms with Gasteiger partial charge in [-0.05, 0) is 39.3 Å². The van der Waals surface area contributed by atoms with Crippen LogP contribution in [0.25, 0.3) is 0 Å². The van der Waals surface area contributed by atoms with E-state index in [2.05, 4.69) is 4.90 Å². The molecule has 2 amide bonds. The summed E-state index contributed by atoms with van der Waals surface area (Å²) in [7, 11) is 1.56. The van der Waals surface area contributed by atoms with E-state index in [4.69, 9.17) is 5.11 Å². The van der Waals surface area contributed by atoms with E-state index in [-0.39, 0.29) is 6.03 Å². The standard InChI is InChI=1S/C14H25N3O3/c1-11(13(18)19)15(2)14(20)17-9-6-12(10-17)16-7-4-3-5-8-16/h11-12H,3-10H2,1-2H3,(H,18,19). The van der Waals surface area contributed by atoms with Crippen molar-refractivity contribution >= 4 is 12.0 Å². The fourth-order valence-corrected chi connectivity index (χ4v) is 3.05. The van der Waals surface area contributed by atoms with Crippen LogP contribution in [0.1, 0.15) is 32.6 Å². The molecule has 6 nitrogen and oxygen atoms in total. The van der Waals surface area contributed by atoms with E-state index in [0.29, 0.717) is 6.04 Å². The Balaban J connectivity index is 1.88. The lowest BCUT2D eigenvalue weighted by molar-refractivity contribution is -0.141. The van der Waals surface area contributed by atoms with E-state index >= 15 is 0 Å². The molecule has 2 heterocycles. The average molecular weight is 283 g/mol. The van der Waals surface area contributed by atoms with Crippen LogP contribution in [0.5, 0.6) is 0 Å². The lowest BCUT2D eigenvalue weighted by Crippen LogP contribution is -2.48. The number of urea groups is 1. The molecule has 114 valence electrons. The summed E-state index contributed by atoms with van der Waals surface area (Å²) in [6.45, 7) is 5.27. The second-order valence-corrected chi connectivity index (χ2v) is 5.89. The summed E-state index contributed by atoms with van der Waals surface area (Å²) >= 11 is 0. The SMILES string of the molecule is CC(C(=O)O)N(C)C(=O)N1CCC(N2CCCCC2)C1. The van der Waals surface area contributed by atoms with Gasteiger partial charge in [0.05, 0.1) is 0 Å². The predicted octanol–water partition coefficient (Wildman–Crippen LogP) is 1.07. The molecule has 2 aliphatic rings. The topological polar surface area (TPSA) is 64.1 Å². The number of likely N-dealkylation sites (tertiary alicyclic amines) is 2. The highest BCUT2D eigenvalue weighted by Gasteiger charge is 2.34.